The van der Waals surface area contributed by atoms with Crippen LogP contribution < -0.4 is 5.32 Å². The Hall–Kier alpha value is -0.530. The van der Waals surface area contributed by atoms with Crippen molar-refractivity contribution >= 4 is 5.91 Å². The highest BCUT2D eigenvalue weighted by molar-refractivity contribution is 5.75. The fourth-order valence-electron chi connectivity index (χ4n) is 4.59. The van der Waals surface area contributed by atoms with Gasteiger partial charge in [0.25, 0.3) is 0 Å². The fourth-order valence-corrected chi connectivity index (χ4v) is 4.59. The standard InChI is InChI=1S/C30H61NO/c1-3-5-7-9-11-13-15-17-19-21-23-25-27-29-31-30(32)28-26-24-22-20-18-16-14-12-10-8-6-4-2/h3-29H2,1-2H3,(H,31,32). The van der Waals surface area contributed by atoms with E-state index in [0.717, 1.165) is 25.8 Å². The molecule has 2 nitrogen and oxygen atoms in total. The van der Waals surface area contributed by atoms with Gasteiger partial charge in [0.15, 0.2) is 0 Å². The molecule has 1 N–H and O–H groups in total. The van der Waals surface area contributed by atoms with Crippen LogP contribution in [0.1, 0.15) is 181 Å². The predicted molar refractivity (Wildman–Crippen MR) is 144 cm³/mol. The Morgan fingerprint density at radius 1 is 0.406 bits per heavy atom. The van der Waals surface area contributed by atoms with Gasteiger partial charge in [-0.1, -0.05) is 162 Å². The number of unbranched alkanes of at least 4 members (excludes halogenated alkanes) is 23. The number of nitrogens with one attached hydrogen (secondary N) is 1. The highest BCUT2D eigenvalue weighted by atomic mass is 16.1. The average Bonchev–Trinajstić information content (AvgIpc) is 2.80. The maximum absolute atomic E-state index is 11.9. The Kier molecular flexibility index (Phi) is 28.0. The minimum atomic E-state index is 0.274. The average molecular weight is 452 g/mol. The smallest absolute Gasteiger partial charge is 0.219 e. The van der Waals surface area contributed by atoms with Gasteiger partial charge in [0, 0.05) is 13.0 Å². The van der Waals surface area contributed by atoms with Crippen molar-refractivity contribution in [2.24, 2.45) is 0 Å². The van der Waals surface area contributed by atoms with Crippen LogP contribution in [-0.2, 0) is 4.79 Å². The van der Waals surface area contributed by atoms with Crippen LogP contribution in [0.3, 0.4) is 0 Å². The predicted octanol–water partition coefficient (Wildman–Crippen LogP) is 10.3. The van der Waals surface area contributed by atoms with Crippen molar-refractivity contribution < 1.29 is 4.79 Å². The lowest BCUT2D eigenvalue weighted by molar-refractivity contribution is -0.121. The van der Waals surface area contributed by atoms with Crippen molar-refractivity contribution in [1.82, 2.24) is 5.32 Å². The van der Waals surface area contributed by atoms with Gasteiger partial charge in [-0.15, -0.1) is 0 Å². The van der Waals surface area contributed by atoms with Crippen molar-refractivity contribution in [3.05, 3.63) is 0 Å². The van der Waals surface area contributed by atoms with Crippen LogP contribution in [0, 0.1) is 0 Å². The molecule has 0 saturated heterocycles. The van der Waals surface area contributed by atoms with Gasteiger partial charge in [-0.3, -0.25) is 4.79 Å². The summed E-state index contributed by atoms with van der Waals surface area (Å²) in [7, 11) is 0. The Labute approximate surface area is 203 Å². The summed E-state index contributed by atoms with van der Waals surface area (Å²) in [6, 6.07) is 0. The lowest BCUT2D eigenvalue weighted by Gasteiger charge is -2.06. The van der Waals surface area contributed by atoms with Gasteiger partial charge in [0.05, 0.1) is 0 Å². The van der Waals surface area contributed by atoms with Gasteiger partial charge in [0.2, 0.25) is 5.91 Å². The van der Waals surface area contributed by atoms with Gasteiger partial charge >= 0.3 is 0 Å². The minimum Gasteiger partial charge on any atom is -0.356 e. The molecule has 0 spiro atoms. The van der Waals surface area contributed by atoms with Gasteiger partial charge < -0.3 is 5.32 Å². The molecule has 1 amide bonds. The monoisotopic (exact) mass is 451 g/mol. The van der Waals surface area contributed by atoms with Crippen LogP contribution in [0.4, 0.5) is 0 Å². The van der Waals surface area contributed by atoms with Crippen LogP contribution in [0.5, 0.6) is 0 Å². The first-order chi connectivity index (χ1) is 15.8. The van der Waals surface area contributed by atoms with Gasteiger partial charge in [0.1, 0.15) is 0 Å². The molecule has 32 heavy (non-hydrogen) atoms. The summed E-state index contributed by atoms with van der Waals surface area (Å²) in [6.07, 6.45) is 34.9. The highest BCUT2D eigenvalue weighted by Gasteiger charge is 2.01. The molecular formula is C30H61NO. The summed E-state index contributed by atoms with van der Waals surface area (Å²) in [4.78, 5) is 11.9. The minimum absolute atomic E-state index is 0.274. The van der Waals surface area contributed by atoms with E-state index in [0.29, 0.717) is 0 Å². The maximum Gasteiger partial charge on any atom is 0.219 e. The van der Waals surface area contributed by atoms with E-state index in [9.17, 15) is 4.79 Å². The molecule has 2 heteroatoms. The Morgan fingerprint density at radius 3 is 1.03 bits per heavy atom. The molecule has 0 unspecified atom stereocenters. The number of carbonyl (C=O) groups is 1. The van der Waals surface area contributed by atoms with Crippen molar-refractivity contribution in [2.45, 2.75) is 181 Å². The molecule has 0 rings (SSSR count). The van der Waals surface area contributed by atoms with E-state index >= 15 is 0 Å². The fraction of sp³-hybridized carbons (Fsp3) is 0.967. The molecule has 0 aromatic carbocycles. The molecule has 0 fully saturated rings. The van der Waals surface area contributed by atoms with Crippen LogP contribution in [-0.4, -0.2) is 12.5 Å². The number of hydrogen-bond acceptors (Lipinski definition) is 1. The van der Waals surface area contributed by atoms with E-state index < -0.39 is 0 Å². The van der Waals surface area contributed by atoms with Gasteiger partial charge in [-0.05, 0) is 12.8 Å². The van der Waals surface area contributed by atoms with Crippen molar-refractivity contribution in [1.29, 1.82) is 0 Å². The first kappa shape index (κ1) is 31.5. The normalized spacial score (nSPS) is 11.2. The first-order valence-corrected chi connectivity index (χ1v) is 15.1. The molecule has 0 aliphatic rings. The van der Waals surface area contributed by atoms with Crippen molar-refractivity contribution in [3.8, 4) is 0 Å². The molecule has 0 aliphatic carbocycles. The second-order valence-electron chi connectivity index (χ2n) is 10.2. The van der Waals surface area contributed by atoms with E-state index in [2.05, 4.69) is 19.2 Å². The van der Waals surface area contributed by atoms with E-state index in [1.807, 2.05) is 0 Å². The van der Waals surface area contributed by atoms with E-state index in [1.165, 1.54) is 148 Å². The van der Waals surface area contributed by atoms with E-state index in [4.69, 9.17) is 0 Å². The summed E-state index contributed by atoms with van der Waals surface area (Å²) in [5.41, 5.74) is 0. The summed E-state index contributed by atoms with van der Waals surface area (Å²) < 4.78 is 0. The molecule has 192 valence electrons. The number of rotatable bonds is 27. The zero-order valence-electron chi connectivity index (χ0n) is 22.5. The third-order valence-electron chi connectivity index (χ3n) is 6.86. The lowest BCUT2D eigenvalue weighted by atomic mass is 10.0. The summed E-state index contributed by atoms with van der Waals surface area (Å²) in [6.45, 7) is 5.45. The zero-order chi connectivity index (χ0) is 23.4. The van der Waals surface area contributed by atoms with Crippen LogP contribution in [0.15, 0.2) is 0 Å². The van der Waals surface area contributed by atoms with Crippen LogP contribution in [0.2, 0.25) is 0 Å². The SMILES string of the molecule is CCCCCCCCCCCCCCCNC(=O)CCCCCCCCCCCCCC. The second-order valence-corrected chi connectivity index (χ2v) is 10.2. The quantitative estimate of drug-likeness (QED) is 0.124. The molecule has 0 aliphatic heterocycles. The molecule has 0 atom stereocenters. The lowest BCUT2D eigenvalue weighted by Crippen LogP contribution is -2.23. The summed E-state index contributed by atoms with van der Waals surface area (Å²) >= 11 is 0. The third kappa shape index (κ3) is 27.5. The first-order valence-electron chi connectivity index (χ1n) is 15.1. The molecule has 0 radical (unpaired) electrons. The molecule has 0 saturated carbocycles. The van der Waals surface area contributed by atoms with Gasteiger partial charge in [-0.25, -0.2) is 0 Å². The Bertz CT molecular complexity index is 355. The molecular weight excluding hydrogens is 390 g/mol. The molecule has 0 aromatic rings. The summed E-state index contributed by atoms with van der Waals surface area (Å²) in [5, 5.41) is 3.12. The van der Waals surface area contributed by atoms with E-state index in [1.54, 1.807) is 0 Å². The summed E-state index contributed by atoms with van der Waals surface area (Å²) in [5.74, 6) is 0.274. The Morgan fingerprint density at radius 2 is 0.688 bits per heavy atom. The maximum atomic E-state index is 11.9. The van der Waals surface area contributed by atoms with Gasteiger partial charge in [-0.2, -0.15) is 0 Å². The van der Waals surface area contributed by atoms with Crippen LogP contribution in [0.25, 0.3) is 0 Å². The van der Waals surface area contributed by atoms with Crippen LogP contribution >= 0.6 is 0 Å². The topological polar surface area (TPSA) is 29.1 Å². The molecule has 0 aromatic heterocycles. The number of hydrogen-bond donors (Lipinski definition) is 1. The highest BCUT2D eigenvalue weighted by Crippen LogP contribution is 2.13. The number of amides is 1. The number of carbonyl (C=O) groups excluding carboxylic acids is 1. The van der Waals surface area contributed by atoms with Crippen molar-refractivity contribution in [2.75, 3.05) is 6.54 Å². The Balaban J connectivity index is 3.14. The molecule has 0 heterocycles. The van der Waals surface area contributed by atoms with E-state index in [-0.39, 0.29) is 5.91 Å². The largest absolute Gasteiger partial charge is 0.356 e. The van der Waals surface area contributed by atoms with Crippen molar-refractivity contribution in [3.63, 3.8) is 0 Å². The third-order valence-corrected chi connectivity index (χ3v) is 6.86. The zero-order valence-corrected chi connectivity index (χ0v) is 22.5. The molecule has 0 bridgehead atoms. The second kappa shape index (κ2) is 28.5.